The number of hydrogen-bond acceptors (Lipinski definition) is 0. The van der Waals surface area contributed by atoms with Crippen LogP contribution in [0, 0.1) is 0 Å². The van der Waals surface area contributed by atoms with Crippen molar-refractivity contribution < 1.29 is 0 Å². The fourth-order valence-electron chi connectivity index (χ4n) is 6.10. The van der Waals surface area contributed by atoms with Gasteiger partial charge in [0.15, 0.2) is 0 Å². The van der Waals surface area contributed by atoms with Crippen LogP contribution in [0.1, 0.15) is 0 Å². The van der Waals surface area contributed by atoms with E-state index in [4.69, 9.17) is 0 Å². The summed E-state index contributed by atoms with van der Waals surface area (Å²) in [7, 11) is 3.15. The van der Waals surface area contributed by atoms with E-state index in [-0.39, 0.29) is 0 Å². The maximum absolute atomic E-state index is 4.15. The number of fused-ring (bicyclic) bond motifs is 6. The van der Waals surface area contributed by atoms with Crippen molar-refractivity contribution in [2.75, 3.05) is 0 Å². The van der Waals surface area contributed by atoms with Crippen LogP contribution in [0.5, 0.6) is 0 Å². The summed E-state index contributed by atoms with van der Waals surface area (Å²) in [6, 6.07) is 31.5. The Morgan fingerprint density at radius 3 is 1.68 bits per heavy atom. The molecule has 0 N–H and O–H groups in total. The molecule has 0 radical (unpaired) electrons. The molecular formula is C32H23Br3Si3. The Hall–Kier alpha value is -2.07. The smallest absolute Gasteiger partial charge is 0.0413 e. The zero-order valence-electron chi connectivity index (χ0n) is 21.2. The first-order chi connectivity index (χ1) is 18.3. The maximum atomic E-state index is 4.15. The van der Waals surface area contributed by atoms with E-state index < -0.39 is 0 Å². The van der Waals surface area contributed by atoms with Crippen molar-refractivity contribution in [2.24, 2.45) is 0 Å². The molecule has 0 saturated carbocycles. The van der Waals surface area contributed by atoms with Gasteiger partial charge in [-0.1, -0.05) is 70.2 Å². The van der Waals surface area contributed by atoms with Crippen LogP contribution in [-0.4, -0.2) is 30.7 Å². The summed E-state index contributed by atoms with van der Waals surface area (Å²) in [4.78, 5) is 0. The monoisotopic (exact) mass is 728 g/mol. The minimum Gasteiger partial charge on any atom is -0.0729 e. The Morgan fingerprint density at radius 2 is 1.03 bits per heavy atom. The molecule has 0 spiro atoms. The quantitative estimate of drug-likeness (QED) is 0.121. The summed E-state index contributed by atoms with van der Waals surface area (Å²) in [5, 5.41) is 17.6. The number of halogens is 3. The van der Waals surface area contributed by atoms with Crippen molar-refractivity contribution in [2.45, 2.75) is 0 Å². The third kappa shape index (κ3) is 3.61. The van der Waals surface area contributed by atoms with Gasteiger partial charge in [0.05, 0.1) is 0 Å². The Kier molecular flexibility index (Phi) is 6.07. The second-order valence-electron chi connectivity index (χ2n) is 10.2. The average molecular weight is 732 g/mol. The van der Waals surface area contributed by atoms with Crippen molar-refractivity contribution in [1.29, 1.82) is 0 Å². The molecule has 7 aromatic rings. The molecule has 0 unspecified atom stereocenters. The lowest BCUT2D eigenvalue weighted by Crippen LogP contribution is -2.40. The lowest BCUT2D eigenvalue weighted by molar-refractivity contribution is 1.68. The molecule has 184 valence electrons. The van der Waals surface area contributed by atoms with Crippen LogP contribution in [0.4, 0.5) is 0 Å². The van der Waals surface area contributed by atoms with Gasteiger partial charge < -0.3 is 0 Å². The molecule has 0 heterocycles. The van der Waals surface area contributed by atoms with Gasteiger partial charge in [-0.3, -0.25) is 0 Å². The summed E-state index contributed by atoms with van der Waals surface area (Å²) >= 11 is 12.1. The predicted molar refractivity (Wildman–Crippen MR) is 191 cm³/mol. The normalized spacial score (nSPS) is 12.2. The fraction of sp³-hybridized carbons (Fsp3) is 0. The number of benzene rings is 7. The van der Waals surface area contributed by atoms with E-state index in [2.05, 4.69) is 133 Å². The number of hydrogen-bond donors (Lipinski definition) is 0. The molecular weight excluding hydrogens is 708 g/mol. The summed E-state index contributed by atoms with van der Waals surface area (Å²) in [6.07, 6.45) is 0. The highest BCUT2D eigenvalue weighted by atomic mass is 79.9. The summed E-state index contributed by atoms with van der Waals surface area (Å²) in [5.41, 5.74) is 2.75. The fourth-order valence-corrected chi connectivity index (χ4v) is 11.6. The van der Waals surface area contributed by atoms with Gasteiger partial charge in [0.1, 0.15) is 0 Å². The number of rotatable bonds is 1. The molecule has 0 aromatic heterocycles. The highest BCUT2D eigenvalue weighted by Crippen LogP contribution is 2.47. The summed E-state index contributed by atoms with van der Waals surface area (Å²) in [6.45, 7) is 0. The van der Waals surface area contributed by atoms with E-state index in [1.54, 1.807) is 15.6 Å². The van der Waals surface area contributed by atoms with E-state index in [1.807, 2.05) is 0 Å². The molecule has 0 saturated heterocycles. The Balaban J connectivity index is 1.72. The highest BCUT2D eigenvalue weighted by molar-refractivity contribution is 9.13. The van der Waals surface area contributed by atoms with Crippen LogP contribution < -0.4 is 15.6 Å². The lowest BCUT2D eigenvalue weighted by Gasteiger charge is -2.21. The first kappa shape index (κ1) is 24.9. The molecule has 6 heteroatoms. The molecule has 0 amide bonds. The largest absolute Gasteiger partial charge is 0.0729 e. The van der Waals surface area contributed by atoms with Crippen LogP contribution in [0.2, 0.25) is 0 Å². The van der Waals surface area contributed by atoms with E-state index in [9.17, 15) is 0 Å². The van der Waals surface area contributed by atoms with Gasteiger partial charge in [0.2, 0.25) is 0 Å². The van der Waals surface area contributed by atoms with Crippen LogP contribution in [0.25, 0.3) is 65.0 Å². The van der Waals surface area contributed by atoms with Crippen molar-refractivity contribution in [3.63, 3.8) is 0 Å². The predicted octanol–water partition coefficient (Wildman–Crippen LogP) is 5.38. The van der Waals surface area contributed by atoms with Crippen LogP contribution in [-0.2, 0) is 0 Å². The van der Waals surface area contributed by atoms with Gasteiger partial charge in [0.25, 0.3) is 0 Å². The van der Waals surface area contributed by atoms with Crippen molar-refractivity contribution in [3.8, 4) is 11.1 Å². The van der Waals surface area contributed by atoms with E-state index in [0.29, 0.717) is 0 Å². The van der Waals surface area contributed by atoms with Crippen molar-refractivity contribution in [1.82, 2.24) is 0 Å². The van der Waals surface area contributed by atoms with Gasteiger partial charge >= 0.3 is 0 Å². The van der Waals surface area contributed by atoms with Crippen LogP contribution in [0.15, 0.2) is 98.3 Å². The van der Waals surface area contributed by atoms with Crippen LogP contribution >= 0.6 is 47.8 Å². The van der Waals surface area contributed by atoms with E-state index >= 15 is 0 Å². The minimum atomic E-state index is 1.03. The van der Waals surface area contributed by atoms with Crippen molar-refractivity contribution in [3.05, 3.63) is 98.3 Å². The molecule has 7 rings (SSSR count). The average Bonchev–Trinajstić information content (AvgIpc) is 2.93. The highest BCUT2D eigenvalue weighted by Gasteiger charge is 2.21. The molecule has 0 aliphatic rings. The van der Waals surface area contributed by atoms with Gasteiger partial charge in [-0.05, 0) is 138 Å². The first-order valence-electron chi connectivity index (χ1n) is 12.7. The molecule has 0 atom stereocenters. The summed E-state index contributed by atoms with van der Waals surface area (Å²) in [5.74, 6) is 0. The molecule has 0 aliphatic carbocycles. The summed E-state index contributed by atoms with van der Waals surface area (Å²) < 4.78 is 3.43. The lowest BCUT2D eigenvalue weighted by atomic mass is 9.92. The molecule has 0 fully saturated rings. The second-order valence-corrected chi connectivity index (χ2v) is 15.6. The standard InChI is InChI=1S/C32H23Br3Si3/c33-27-22-13-19-11-17-9-5-4-8-16(17)10-18(19)12-20(22)21-14-23-24(15-6-2-1-3-7-15)30(36)32(38)31(37)26(23)28(34)25(21)29(27)35/h1-14H,36-38H3. The third-order valence-electron chi connectivity index (χ3n) is 8.25. The van der Waals surface area contributed by atoms with Crippen LogP contribution in [0.3, 0.4) is 0 Å². The molecule has 0 nitrogen and oxygen atoms in total. The zero-order valence-corrected chi connectivity index (χ0v) is 32.0. The molecule has 7 aromatic carbocycles. The van der Waals surface area contributed by atoms with E-state index in [1.165, 1.54) is 69.5 Å². The molecule has 38 heavy (non-hydrogen) atoms. The Morgan fingerprint density at radius 1 is 0.421 bits per heavy atom. The van der Waals surface area contributed by atoms with Gasteiger partial charge in [-0.15, -0.1) is 0 Å². The zero-order chi connectivity index (χ0) is 26.3. The van der Waals surface area contributed by atoms with Crippen molar-refractivity contribution >= 4 is 148 Å². The third-order valence-corrected chi connectivity index (χ3v) is 17.2. The van der Waals surface area contributed by atoms with Gasteiger partial charge in [0, 0.05) is 49.5 Å². The SMILES string of the molecule is [SiH3]c1c([SiH3])c([SiH3])c2c(Br)c3c(Br)c(Br)c4cc5cc6ccccc6cc5cc4c3cc2c1-c1ccccc1. The topological polar surface area (TPSA) is 0 Å². The second kappa shape index (κ2) is 9.25. The van der Waals surface area contributed by atoms with Gasteiger partial charge in [-0.2, -0.15) is 0 Å². The van der Waals surface area contributed by atoms with E-state index in [0.717, 1.165) is 39.7 Å². The molecule has 0 bridgehead atoms. The Bertz CT molecular complexity index is 2140. The Labute approximate surface area is 255 Å². The maximum Gasteiger partial charge on any atom is 0.0413 e. The van der Waals surface area contributed by atoms with Gasteiger partial charge in [-0.25, -0.2) is 0 Å². The molecule has 0 aliphatic heterocycles. The first-order valence-corrected chi connectivity index (χ1v) is 18.1. The minimum absolute atomic E-state index is 1.03.